The molecule has 136 valence electrons. The van der Waals surface area contributed by atoms with Gasteiger partial charge < -0.3 is 10.1 Å². The fourth-order valence-corrected chi connectivity index (χ4v) is 2.59. The van der Waals surface area contributed by atoms with Gasteiger partial charge in [-0.25, -0.2) is 0 Å². The molecule has 6 heteroatoms. The van der Waals surface area contributed by atoms with Crippen LogP contribution in [0.5, 0.6) is 5.75 Å². The standard InChI is InChI=1S/C20H21ClN2O3/c1-4-26-16-8-9-17(18(21)11-16)20(25)19-10-7-15(12-22-19)6-5-13(2)23-14(3)24/h5-13H,4H2,1-3H3,(H,23,24)/t13-/m0/s1. The lowest BCUT2D eigenvalue weighted by molar-refractivity contribution is -0.119. The molecule has 5 nitrogen and oxygen atoms in total. The number of hydrogen-bond donors (Lipinski definition) is 1. The first-order valence-corrected chi connectivity index (χ1v) is 8.67. The van der Waals surface area contributed by atoms with Gasteiger partial charge in [-0.1, -0.05) is 29.8 Å². The molecule has 1 aromatic carbocycles. The van der Waals surface area contributed by atoms with E-state index in [0.717, 1.165) is 5.56 Å². The number of aromatic nitrogens is 1. The normalized spacial score (nSPS) is 12.0. The summed E-state index contributed by atoms with van der Waals surface area (Å²) in [6.07, 6.45) is 5.29. The van der Waals surface area contributed by atoms with Gasteiger partial charge in [0.15, 0.2) is 0 Å². The lowest BCUT2D eigenvalue weighted by atomic mass is 10.1. The van der Waals surface area contributed by atoms with Gasteiger partial charge in [0.2, 0.25) is 11.7 Å². The van der Waals surface area contributed by atoms with Gasteiger partial charge in [0.1, 0.15) is 11.4 Å². The monoisotopic (exact) mass is 372 g/mol. The lowest BCUT2D eigenvalue weighted by Gasteiger charge is -2.08. The summed E-state index contributed by atoms with van der Waals surface area (Å²) in [6.45, 7) is 5.75. The summed E-state index contributed by atoms with van der Waals surface area (Å²) in [4.78, 5) is 27.8. The van der Waals surface area contributed by atoms with E-state index in [0.29, 0.717) is 28.6 Å². The molecule has 0 saturated carbocycles. The molecule has 0 aliphatic heterocycles. The number of nitrogens with one attached hydrogen (secondary N) is 1. The average molecular weight is 373 g/mol. The Balaban J connectivity index is 2.11. The average Bonchev–Trinajstić information content (AvgIpc) is 2.60. The molecule has 0 radical (unpaired) electrons. The summed E-state index contributed by atoms with van der Waals surface area (Å²) in [5.74, 6) is 0.282. The number of ether oxygens (including phenoxy) is 1. The van der Waals surface area contributed by atoms with Gasteiger partial charge >= 0.3 is 0 Å². The molecule has 1 aromatic heterocycles. The Bertz CT molecular complexity index is 816. The molecule has 2 aromatic rings. The summed E-state index contributed by atoms with van der Waals surface area (Å²) in [6, 6.07) is 8.33. The molecule has 0 bridgehead atoms. The highest BCUT2D eigenvalue weighted by atomic mass is 35.5. The maximum absolute atomic E-state index is 12.6. The highest BCUT2D eigenvalue weighted by Crippen LogP contribution is 2.24. The van der Waals surface area contributed by atoms with Crippen LogP contribution in [0.4, 0.5) is 0 Å². The second kappa shape index (κ2) is 9.15. The van der Waals surface area contributed by atoms with Crippen LogP contribution in [0.25, 0.3) is 6.08 Å². The van der Waals surface area contributed by atoms with E-state index in [1.165, 1.54) is 6.92 Å². The molecule has 1 N–H and O–H groups in total. The number of halogens is 1. The lowest BCUT2D eigenvalue weighted by Crippen LogP contribution is -2.28. The molecule has 0 aliphatic rings. The Hall–Kier alpha value is -2.66. The first-order valence-electron chi connectivity index (χ1n) is 8.29. The summed E-state index contributed by atoms with van der Waals surface area (Å²) in [7, 11) is 0. The number of benzene rings is 1. The van der Waals surface area contributed by atoms with Crippen molar-refractivity contribution in [2.24, 2.45) is 0 Å². The Labute approximate surface area is 158 Å². The highest BCUT2D eigenvalue weighted by molar-refractivity contribution is 6.35. The van der Waals surface area contributed by atoms with Gasteiger partial charge in [0, 0.05) is 24.7 Å². The van der Waals surface area contributed by atoms with E-state index >= 15 is 0 Å². The summed E-state index contributed by atoms with van der Waals surface area (Å²) in [5.41, 5.74) is 1.52. The van der Waals surface area contributed by atoms with E-state index in [2.05, 4.69) is 10.3 Å². The van der Waals surface area contributed by atoms with Gasteiger partial charge in [0.05, 0.1) is 11.6 Å². The molecule has 0 fully saturated rings. The molecule has 0 spiro atoms. The number of hydrogen-bond acceptors (Lipinski definition) is 4. The van der Waals surface area contributed by atoms with Crippen molar-refractivity contribution in [1.29, 1.82) is 0 Å². The molecule has 0 aliphatic carbocycles. The molecule has 1 heterocycles. The molecule has 1 amide bonds. The van der Waals surface area contributed by atoms with Crippen molar-refractivity contribution in [1.82, 2.24) is 10.3 Å². The Morgan fingerprint density at radius 1 is 1.31 bits per heavy atom. The van der Waals surface area contributed by atoms with Crippen LogP contribution in [0.1, 0.15) is 42.4 Å². The van der Waals surface area contributed by atoms with Crippen molar-refractivity contribution in [2.75, 3.05) is 6.61 Å². The number of rotatable bonds is 7. The smallest absolute Gasteiger partial charge is 0.217 e. The third kappa shape index (κ3) is 5.43. The van der Waals surface area contributed by atoms with Crippen molar-refractivity contribution in [3.8, 4) is 5.75 Å². The van der Waals surface area contributed by atoms with E-state index in [1.54, 1.807) is 36.5 Å². The van der Waals surface area contributed by atoms with E-state index in [-0.39, 0.29) is 17.7 Å². The minimum atomic E-state index is -0.250. The van der Waals surface area contributed by atoms with E-state index in [9.17, 15) is 9.59 Å². The van der Waals surface area contributed by atoms with E-state index in [1.807, 2.05) is 26.0 Å². The molecule has 26 heavy (non-hydrogen) atoms. The maximum atomic E-state index is 12.6. The number of amides is 1. The molecule has 0 unspecified atom stereocenters. The molecule has 0 saturated heterocycles. The maximum Gasteiger partial charge on any atom is 0.217 e. The van der Waals surface area contributed by atoms with Gasteiger partial charge in [0.25, 0.3) is 0 Å². The van der Waals surface area contributed by atoms with Crippen molar-refractivity contribution in [3.05, 3.63) is 64.4 Å². The van der Waals surface area contributed by atoms with Crippen LogP contribution in [0.15, 0.2) is 42.6 Å². The predicted molar refractivity (Wildman–Crippen MR) is 103 cm³/mol. The fourth-order valence-electron chi connectivity index (χ4n) is 2.34. The van der Waals surface area contributed by atoms with Crippen LogP contribution < -0.4 is 10.1 Å². The van der Waals surface area contributed by atoms with Crippen LogP contribution >= 0.6 is 11.6 Å². The predicted octanol–water partition coefficient (Wildman–Crippen LogP) is 3.90. The fraction of sp³-hybridized carbons (Fsp3) is 0.250. The topological polar surface area (TPSA) is 68.3 Å². The first-order chi connectivity index (χ1) is 12.4. The highest BCUT2D eigenvalue weighted by Gasteiger charge is 2.14. The molecular weight excluding hydrogens is 352 g/mol. The number of ketones is 1. The zero-order valence-electron chi connectivity index (χ0n) is 15.0. The van der Waals surface area contributed by atoms with Crippen LogP contribution in [-0.4, -0.2) is 29.3 Å². The molecule has 1 atom stereocenters. The van der Waals surface area contributed by atoms with Crippen LogP contribution in [0.2, 0.25) is 5.02 Å². The summed E-state index contributed by atoms with van der Waals surface area (Å²) in [5, 5.41) is 3.09. The zero-order valence-corrected chi connectivity index (χ0v) is 15.7. The third-order valence-corrected chi connectivity index (χ3v) is 3.84. The quantitative estimate of drug-likeness (QED) is 0.748. The second-order valence-electron chi connectivity index (χ2n) is 5.73. The van der Waals surface area contributed by atoms with Crippen molar-refractivity contribution < 1.29 is 14.3 Å². The van der Waals surface area contributed by atoms with Crippen LogP contribution in [0, 0.1) is 0 Å². The SMILES string of the molecule is CCOc1ccc(C(=O)c2ccc(C=C[C@H](C)NC(C)=O)cn2)c(Cl)c1. The first kappa shape index (κ1) is 19.7. The third-order valence-electron chi connectivity index (χ3n) is 3.52. The van der Waals surface area contributed by atoms with Gasteiger partial charge in [-0.05, 0) is 43.7 Å². The van der Waals surface area contributed by atoms with Crippen molar-refractivity contribution in [2.45, 2.75) is 26.8 Å². The molecular formula is C20H21ClN2O3. The largest absolute Gasteiger partial charge is 0.494 e. The van der Waals surface area contributed by atoms with E-state index in [4.69, 9.17) is 16.3 Å². The minimum absolute atomic E-state index is 0.0866. The summed E-state index contributed by atoms with van der Waals surface area (Å²) >= 11 is 6.19. The number of nitrogens with zero attached hydrogens (tertiary/aromatic N) is 1. The van der Waals surface area contributed by atoms with Crippen LogP contribution in [-0.2, 0) is 4.79 Å². The zero-order chi connectivity index (χ0) is 19.1. The molecule has 2 rings (SSSR count). The second-order valence-corrected chi connectivity index (χ2v) is 6.14. The van der Waals surface area contributed by atoms with Gasteiger partial charge in [-0.2, -0.15) is 0 Å². The number of carbonyl (C=O) groups excluding carboxylic acids is 2. The Kier molecular flexibility index (Phi) is 6.92. The Morgan fingerprint density at radius 3 is 2.65 bits per heavy atom. The Morgan fingerprint density at radius 2 is 2.08 bits per heavy atom. The number of pyridine rings is 1. The van der Waals surface area contributed by atoms with Crippen molar-refractivity contribution in [3.63, 3.8) is 0 Å². The summed E-state index contributed by atoms with van der Waals surface area (Å²) < 4.78 is 5.37. The van der Waals surface area contributed by atoms with Gasteiger partial charge in [-0.3, -0.25) is 14.6 Å². The van der Waals surface area contributed by atoms with E-state index < -0.39 is 0 Å². The minimum Gasteiger partial charge on any atom is -0.494 e. The van der Waals surface area contributed by atoms with Crippen LogP contribution in [0.3, 0.4) is 0 Å². The number of carbonyl (C=O) groups is 2. The van der Waals surface area contributed by atoms with Crippen molar-refractivity contribution >= 4 is 29.4 Å². The van der Waals surface area contributed by atoms with Gasteiger partial charge in [-0.15, -0.1) is 0 Å².